The molecule has 0 saturated heterocycles. The van der Waals surface area contributed by atoms with Gasteiger partial charge in [0, 0.05) is 17.7 Å². The lowest BCUT2D eigenvalue weighted by Crippen LogP contribution is -2.13. The van der Waals surface area contributed by atoms with E-state index in [0.717, 1.165) is 6.42 Å². The van der Waals surface area contributed by atoms with Crippen LogP contribution in [0.5, 0.6) is 11.5 Å². The molecule has 0 atom stereocenters. The molecule has 0 aliphatic rings. The third-order valence-electron chi connectivity index (χ3n) is 3.97. The van der Waals surface area contributed by atoms with Gasteiger partial charge in [-0.15, -0.1) is 0 Å². The third kappa shape index (κ3) is 4.26. The van der Waals surface area contributed by atoms with E-state index < -0.39 is 10.1 Å². The van der Waals surface area contributed by atoms with Gasteiger partial charge >= 0.3 is 10.1 Å². The summed E-state index contributed by atoms with van der Waals surface area (Å²) in [5.74, 6) is 0.347. The highest BCUT2D eigenvalue weighted by atomic mass is 32.2. The van der Waals surface area contributed by atoms with Gasteiger partial charge in [-0.2, -0.15) is 8.42 Å². The van der Waals surface area contributed by atoms with Crippen molar-refractivity contribution >= 4 is 32.5 Å². The number of ether oxygens (including phenoxy) is 1. The van der Waals surface area contributed by atoms with Crippen LogP contribution in [0.15, 0.2) is 65.6 Å². The molecule has 28 heavy (non-hydrogen) atoms. The second-order valence-corrected chi connectivity index (χ2v) is 7.69. The lowest BCUT2D eigenvalue weighted by atomic mass is 10.1. The first-order valence-corrected chi connectivity index (χ1v) is 10.3. The van der Waals surface area contributed by atoms with Crippen molar-refractivity contribution in [2.45, 2.75) is 25.2 Å². The van der Waals surface area contributed by atoms with Crippen LogP contribution in [0.3, 0.4) is 0 Å². The monoisotopic (exact) mass is 399 g/mol. The molecule has 1 N–H and O–H groups in total. The first-order chi connectivity index (χ1) is 13.4. The second-order valence-electron chi connectivity index (χ2n) is 6.17. The predicted molar refractivity (Wildman–Crippen MR) is 108 cm³/mol. The molecular weight excluding hydrogens is 378 g/mol. The topological polar surface area (TPSA) is 81.7 Å². The molecule has 0 saturated carbocycles. The van der Waals surface area contributed by atoms with Gasteiger partial charge < -0.3 is 14.2 Å². The van der Waals surface area contributed by atoms with Crippen molar-refractivity contribution in [1.29, 1.82) is 0 Å². The fourth-order valence-corrected chi connectivity index (χ4v) is 3.95. The summed E-state index contributed by atoms with van der Waals surface area (Å²) in [6.07, 6.45) is 0.845. The van der Waals surface area contributed by atoms with Crippen molar-refractivity contribution < 1.29 is 22.1 Å². The number of hydrogen-bond donors (Lipinski definition) is 1. The highest BCUT2D eigenvalue weighted by Crippen LogP contribution is 2.34. The van der Waals surface area contributed by atoms with E-state index in [1.165, 1.54) is 19.1 Å². The molecule has 6 nitrogen and oxygen atoms in total. The summed E-state index contributed by atoms with van der Waals surface area (Å²) < 4.78 is 37.1. The minimum absolute atomic E-state index is 0.0320. The van der Waals surface area contributed by atoms with Crippen LogP contribution in [0.4, 0.5) is 5.69 Å². The number of amides is 1. The van der Waals surface area contributed by atoms with Crippen molar-refractivity contribution in [2.75, 3.05) is 11.9 Å². The normalized spacial score (nSPS) is 11.2. The Morgan fingerprint density at radius 3 is 2.32 bits per heavy atom. The van der Waals surface area contributed by atoms with Crippen LogP contribution >= 0.6 is 0 Å². The Labute approximate surface area is 164 Å². The molecule has 7 heteroatoms. The summed E-state index contributed by atoms with van der Waals surface area (Å²) in [5.41, 5.74) is 0.283. The Balaban J connectivity index is 2.04. The van der Waals surface area contributed by atoms with Crippen LogP contribution in [0, 0.1) is 0 Å². The van der Waals surface area contributed by atoms with E-state index in [1.54, 1.807) is 36.4 Å². The van der Waals surface area contributed by atoms with Gasteiger partial charge in [0.25, 0.3) is 0 Å². The largest absolute Gasteiger partial charge is 0.493 e. The summed E-state index contributed by atoms with van der Waals surface area (Å²) in [4.78, 5) is 11.4. The van der Waals surface area contributed by atoms with E-state index in [1.807, 2.05) is 19.1 Å². The average molecular weight is 399 g/mol. The van der Waals surface area contributed by atoms with Crippen LogP contribution in [0.1, 0.15) is 20.3 Å². The molecule has 3 aromatic carbocycles. The van der Waals surface area contributed by atoms with Gasteiger partial charge in [-0.05, 0) is 30.7 Å². The minimum Gasteiger partial charge on any atom is -0.493 e. The second kappa shape index (κ2) is 8.31. The quantitative estimate of drug-likeness (QED) is 0.597. The molecule has 0 unspecified atom stereocenters. The lowest BCUT2D eigenvalue weighted by Gasteiger charge is -2.14. The first kappa shape index (κ1) is 19.7. The maximum Gasteiger partial charge on any atom is 0.339 e. The van der Waals surface area contributed by atoms with Gasteiger partial charge in [-0.3, -0.25) is 4.79 Å². The summed E-state index contributed by atoms with van der Waals surface area (Å²) in [6, 6.07) is 16.6. The summed E-state index contributed by atoms with van der Waals surface area (Å²) >= 11 is 0. The fraction of sp³-hybridized carbons (Fsp3) is 0.190. The Morgan fingerprint density at radius 1 is 0.929 bits per heavy atom. The number of hydrogen-bond acceptors (Lipinski definition) is 5. The average Bonchev–Trinajstić information content (AvgIpc) is 2.67. The third-order valence-corrected chi connectivity index (χ3v) is 5.27. The van der Waals surface area contributed by atoms with Crippen molar-refractivity contribution in [3.05, 3.63) is 60.7 Å². The molecular formula is C21H21NO5S. The number of anilines is 1. The number of rotatable bonds is 7. The van der Waals surface area contributed by atoms with Crippen molar-refractivity contribution in [3.8, 4) is 11.5 Å². The lowest BCUT2D eigenvalue weighted by molar-refractivity contribution is -0.114. The van der Waals surface area contributed by atoms with Gasteiger partial charge in [-0.1, -0.05) is 43.3 Å². The smallest absolute Gasteiger partial charge is 0.339 e. The maximum atomic E-state index is 13.0. The van der Waals surface area contributed by atoms with E-state index in [4.69, 9.17) is 8.92 Å². The molecule has 0 bridgehead atoms. The number of benzene rings is 3. The van der Waals surface area contributed by atoms with E-state index in [2.05, 4.69) is 5.32 Å². The summed E-state index contributed by atoms with van der Waals surface area (Å²) in [7, 11) is -4.14. The van der Waals surface area contributed by atoms with Gasteiger partial charge in [0.15, 0.2) is 5.75 Å². The van der Waals surface area contributed by atoms with Crippen molar-refractivity contribution in [3.63, 3.8) is 0 Å². The zero-order chi connectivity index (χ0) is 20.1. The molecule has 0 aromatic heterocycles. The molecule has 0 radical (unpaired) electrons. The molecule has 0 spiro atoms. The molecule has 146 valence electrons. The fourth-order valence-electron chi connectivity index (χ4n) is 2.79. The van der Waals surface area contributed by atoms with Crippen LogP contribution < -0.4 is 14.2 Å². The number of carbonyl (C=O) groups is 1. The maximum absolute atomic E-state index is 13.0. The highest BCUT2D eigenvalue weighted by molar-refractivity contribution is 7.87. The minimum atomic E-state index is -4.14. The predicted octanol–water partition coefficient (Wildman–Crippen LogP) is 4.35. The number of carbonyl (C=O) groups excluding carboxylic acids is 1. The Morgan fingerprint density at radius 2 is 1.61 bits per heavy atom. The van der Waals surface area contributed by atoms with Crippen LogP contribution in [0.2, 0.25) is 0 Å². The van der Waals surface area contributed by atoms with E-state index in [9.17, 15) is 13.2 Å². The highest BCUT2D eigenvalue weighted by Gasteiger charge is 2.22. The number of fused-ring (bicyclic) bond motifs is 1. The van der Waals surface area contributed by atoms with Crippen LogP contribution in [-0.4, -0.2) is 20.9 Å². The van der Waals surface area contributed by atoms with E-state index >= 15 is 0 Å². The molecule has 0 fully saturated rings. The Bertz CT molecular complexity index is 1110. The van der Waals surface area contributed by atoms with Crippen molar-refractivity contribution in [2.24, 2.45) is 0 Å². The van der Waals surface area contributed by atoms with Gasteiger partial charge in [0.2, 0.25) is 5.91 Å². The zero-order valence-electron chi connectivity index (χ0n) is 15.6. The van der Waals surface area contributed by atoms with Gasteiger partial charge in [0.05, 0.1) is 12.3 Å². The standard InChI is InChI=1S/C21H21NO5S/c1-3-14-26-19-12-13-21(17-9-5-4-8-16(17)19)28(24,25)27-20-11-7-6-10-18(20)22-15(2)23/h4-13H,3,14H2,1-2H3,(H,22,23). The molecule has 0 aliphatic carbocycles. The van der Waals surface area contributed by atoms with Crippen LogP contribution in [0.25, 0.3) is 10.8 Å². The summed E-state index contributed by atoms with van der Waals surface area (Å²) in [5, 5.41) is 3.77. The number of nitrogens with one attached hydrogen (secondary N) is 1. The Hall–Kier alpha value is -3.06. The van der Waals surface area contributed by atoms with Crippen molar-refractivity contribution in [1.82, 2.24) is 0 Å². The first-order valence-electron chi connectivity index (χ1n) is 8.88. The van der Waals surface area contributed by atoms with Gasteiger partial charge in [-0.25, -0.2) is 0 Å². The molecule has 1 amide bonds. The van der Waals surface area contributed by atoms with E-state index in [0.29, 0.717) is 23.1 Å². The molecule has 0 heterocycles. The zero-order valence-corrected chi connectivity index (χ0v) is 16.5. The van der Waals surface area contributed by atoms with Crippen LogP contribution in [-0.2, 0) is 14.9 Å². The molecule has 0 aliphatic heterocycles. The number of para-hydroxylation sites is 2. The van der Waals surface area contributed by atoms with E-state index in [-0.39, 0.29) is 22.2 Å². The SMILES string of the molecule is CCCOc1ccc(S(=O)(=O)Oc2ccccc2NC(C)=O)c2ccccc12. The Kier molecular flexibility index (Phi) is 5.84. The van der Waals surface area contributed by atoms with Gasteiger partial charge in [0.1, 0.15) is 10.6 Å². The summed E-state index contributed by atoms with van der Waals surface area (Å²) in [6.45, 7) is 3.88. The molecule has 3 aromatic rings. The molecule has 3 rings (SSSR count).